The molecule has 0 N–H and O–H groups in total. The van der Waals surface area contributed by atoms with Crippen molar-refractivity contribution >= 4 is 29.2 Å². The van der Waals surface area contributed by atoms with Crippen LogP contribution in [0.3, 0.4) is 0 Å². The molecule has 0 spiro atoms. The van der Waals surface area contributed by atoms with Crippen LogP contribution in [-0.2, 0) is 4.79 Å². The largest absolute Gasteiger partial charge is 0.339 e. The van der Waals surface area contributed by atoms with Gasteiger partial charge in [-0.3, -0.25) is 9.20 Å². The molecule has 0 bridgehead atoms. The SMILES string of the molecule is CC(C1CC1)N(C)C(=O)/C=C/c1c(Cl)nc2ccccn12. The van der Waals surface area contributed by atoms with Gasteiger partial charge in [0.1, 0.15) is 5.65 Å². The molecule has 0 aliphatic heterocycles. The van der Waals surface area contributed by atoms with Crippen molar-refractivity contribution in [2.24, 2.45) is 5.92 Å². The Labute approximate surface area is 129 Å². The number of pyridine rings is 1. The molecule has 5 heteroatoms. The number of carbonyl (C=O) groups is 1. The Morgan fingerprint density at radius 1 is 1.52 bits per heavy atom. The van der Waals surface area contributed by atoms with E-state index in [0.717, 1.165) is 11.3 Å². The molecule has 0 aromatic carbocycles. The highest BCUT2D eigenvalue weighted by molar-refractivity contribution is 6.31. The number of hydrogen-bond acceptors (Lipinski definition) is 2. The molecule has 1 fully saturated rings. The van der Waals surface area contributed by atoms with Crippen molar-refractivity contribution in [3.8, 4) is 0 Å². The summed E-state index contributed by atoms with van der Waals surface area (Å²) in [5, 5.41) is 0.406. The summed E-state index contributed by atoms with van der Waals surface area (Å²) >= 11 is 6.15. The van der Waals surface area contributed by atoms with Crippen molar-refractivity contribution in [3.63, 3.8) is 0 Å². The summed E-state index contributed by atoms with van der Waals surface area (Å²) < 4.78 is 1.87. The molecule has 0 saturated heterocycles. The quantitative estimate of drug-likeness (QED) is 0.813. The Morgan fingerprint density at radius 2 is 2.29 bits per heavy atom. The molecule has 4 nitrogen and oxygen atoms in total. The normalized spacial score (nSPS) is 16.5. The van der Waals surface area contributed by atoms with Crippen LogP contribution in [0.4, 0.5) is 0 Å². The zero-order valence-corrected chi connectivity index (χ0v) is 12.9. The van der Waals surface area contributed by atoms with Gasteiger partial charge in [0.2, 0.25) is 5.91 Å². The molecule has 2 heterocycles. The first-order valence-electron chi connectivity index (χ1n) is 7.15. The summed E-state index contributed by atoms with van der Waals surface area (Å²) in [7, 11) is 1.85. The van der Waals surface area contributed by atoms with E-state index < -0.39 is 0 Å². The number of fused-ring (bicyclic) bond motifs is 1. The highest BCUT2D eigenvalue weighted by Gasteiger charge is 2.31. The first-order valence-corrected chi connectivity index (χ1v) is 7.53. The molecule has 1 saturated carbocycles. The lowest BCUT2D eigenvalue weighted by molar-refractivity contribution is -0.126. The maximum Gasteiger partial charge on any atom is 0.246 e. The minimum atomic E-state index is -0.00338. The average Bonchev–Trinajstić information content (AvgIpc) is 3.27. The molecule has 1 aliphatic carbocycles. The Balaban J connectivity index is 1.80. The summed E-state index contributed by atoms with van der Waals surface area (Å²) in [5.74, 6) is 0.656. The Bertz CT molecular complexity index is 703. The van der Waals surface area contributed by atoms with Crippen LogP contribution in [0, 0.1) is 5.92 Å². The van der Waals surface area contributed by atoms with Crippen LogP contribution < -0.4 is 0 Å². The Morgan fingerprint density at radius 3 is 3.00 bits per heavy atom. The van der Waals surface area contributed by atoms with Crippen LogP contribution in [0.25, 0.3) is 11.7 Å². The summed E-state index contributed by atoms with van der Waals surface area (Å²) in [6.45, 7) is 2.10. The third kappa shape index (κ3) is 2.81. The topological polar surface area (TPSA) is 37.6 Å². The molecule has 0 radical (unpaired) electrons. The first-order chi connectivity index (χ1) is 10.1. The van der Waals surface area contributed by atoms with Gasteiger partial charge >= 0.3 is 0 Å². The summed E-state index contributed by atoms with van der Waals surface area (Å²) in [5.41, 5.74) is 1.50. The van der Waals surface area contributed by atoms with E-state index in [0.29, 0.717) is 17.1 Å². The third-order valence-corrected chi connectivity index (χ3v) is 4.45. The van der Waals surface area contributed by atoms with Gasteiger partial charge in [-0.05, 0) is 43.9 Å². The maximum atomic E-state index is 12.2. The fourth-order valence-corrected chi connectivity index (χ4v) is 2.74. The Kier molecular flexibility index (Phi) is 3.72. The van der Waals surface area contributed by atoms with Crippen molar-refractivity contribution < 1.29 is 4.79 Å². The molecule has 1 atom stereocenters. The number of halogens is 1. The number of amides is 1. The predicted octanol–water partition coefficient (Wildman–Crippen LogP) is 3.26. The van der Waals surface area contributed by atoms with E-state index in [9.17, 15) is 4.79 Å². The van der Waals surface area contributed by atoms with Crippen LogP contribution in [0.2, 0.25) is 5.15 Å². The summed E-state index contributed by atoms with van der Waals surface area (Å²) in [6.07, 6.45) is 7.64. The molecule has 1 unspecified atom stereocenters. The molecule has 2 aromatic rings. The molecule has 21 heavy (non-hydrogen) atoms. The van der Waals surface area contributed by atoms with Gasteiger partial charge in [-0.1, -0.05) is 17.7 Å². The van der Waals surface area contributed by atoms with Gasteiger partial charge < -0.3 is 4.90 Å². The van der Waals surface area contributed by atoms with Crippen molar-refractivity contribution in [1.82, 2.24) is 14.3 Å². The van der Waals surface area contributed by atoms with E-state index in [1.165, 1.54) is 12.8 Å². The average molecular weight is 304 g/mol. The lowest BCUT2D eigenvalue weighted by atomic mass is 10.2. The zero-order valence-electron chi connectivity index (χ0n) is 12.2. The lowest BCUT2D eigenvalue weighted by Crippen LogP contribution is -2.35. The molecule has 2 aromatic heterocycles. The molecule has 3 rings (SSSR count). The number of aromatic nitrogens is 2. The highest BCUT2D eigenvalue weighted by atomic mass is 35.5. The van der Waals surface area contributed by atoms with E-state index in [1.54, 1.807) is 17.1 Å². The van der Waals surface area contributed by atoms with Gasteiger partial charge in [-0.2, -0.15) is 0 Å². The number of rotatable bonds is 4. The smallest absolute Gasteiger partial charge is 0.246 e. The number of likely N-dealkylation sites (N-methyl/N-ethyl adjacent to an activating group) is 1. The fourth-order valence-electron chi connectivity index (χ4n) is 2.50. The second-order valence-electron chi connectivity index (χ2n) is 5.58. The van der Waals surface area contributed by atoms with E-state index in [1.807, 2.05) is 35.8 Å². The number of hydrogen-bond donors (Lipinski definition) is 0. The minimum absolute atomic E-state index is 0.00338. The van der Waals surface area contributed by atoms with Gasteiger partial charge in [0.25, 0.3) is 0 Å². The van der Waals surface area contributed by atoms with Crippen LogP contribution in [-0.4, -0.2) is 33.3 Å². The van der Waals surface area contributed by atoms with Crippen molar-refractivity contribution in [2.45, 2.75) is 25.8 Å². The lowest BCUT2D eigenvalue weighted by Gasteiger charge is -2.23. The maximum absolute atomic E-state index is 12.2. The number of imidazole rings is 1. The van der Waals surface area contributed by atoms with Crippen LogP contribution in [0.15, 0.2) is 30.5 Å². The second kappa shape index (κ2) is 5.53. The van der Waals surface area contributed by atoms with Gasteiger partial charge in [-0.25, -0.2) is 4.98 Å². The summed E-state index contributed by atoms with van der Waals surface area (Å²) in [6, 6.07) is 5.99. The highest BCUT2D eigenvalue weighted by Crippen LogP contribution is 2.34. The van der Waals surface area contributed by atoms with Gasteiger partial charge in [0.05, 0.1) is 5.69 Å². The molecule has 1 aliphatic rings. The zero-order chi connectivity index (χ0) is 15.0. The Hall–Kier alpha value is -1.81. The standard InChI is InChI=1S/C16H18ClN3O/c1-11(12-6-7-12)19(2)15(21)9-8-13-16(17)18-14-5-3-4-10-20(13)14/h3-5,8-12H,6-7H2,1-2H3/b9-8+. The van der Waals surface area contributed by atoms with Crippen molar-refractivity contribution in [3.05, 3.63) is 41.3 Å². The third-order valence-electron chi connectivity index (χ3n) is 4.17. The summed E-state index contributed by atoms with van der Waals surface area (Å²) in [4.78, 5) is 18.3. The molecule has 1 amide bonds. The van der Waals surface area contributed by atoms with E-state index in [2.05, 4.69) is 11.9 Å². The van der Waals surface area contributed by atoms with Crippen LogP contribution in [0.1, 0.15) is 25.5 Å². The molecular formula is C16H18ClN3O. The van der Waals surface area contributed by atoms with Gasteiger partial charge in [0.15, 0.2) is 5.15 Å². The monoisotopic (exact) mass is 303 g/mol. The van der Waals surface area contributed by atoms with Crippen molar-refractivity contribution in [1.29, 1.82) is 0 Å². The van der Waals surface area contributed by atoms with Crippen LogP contribution >= 0.6 is 11.6 Å². The van der Waals surface area contributed by atoms with E-state index in [4.69, 9.17) is 11.6 Å². The van der Waals surface area contributed by atoms with Gasteiger partial charge in [-0.15, -0.1) is 0 Å². The predicted molar refractivity (Wildman–Crippen MR) is 84.2 cm³/mol. The number of nitrogens with zero attached hydrogens (tertiary/aromatic N) is 3. The van der Waals surface area contributed by atoms with E-state index in [-0.39, 0.29) is 5.91 Å². The molecular weight excluding hydrogens is 286 g/mol. The van der Waals surface area contributed by atoms with E-state index >= 15 is 0 Å². The molecule has 110 valence electrons. The van der Waals surface area contributed by atoms with Gasteiger partial charge in [0, 0.05) is 25.4 Å². The van der Waals surface area contributed by atoms with Crippen molar-refractivity contribution in [2.75, 3.05) is 7.05 Å². The fraction of sp³-hybridized carbons (Fsp3) is 0.375. The first kappa shape index (κ1) is 14.1. The van der Waals surface area contributed by atoms with Crippen LogP contribution in [0.5, 0.6) is 0 Å². The minimum Gasteiger partial charge on any atom is -0.339 e. The second-order valence-corrected chi connectivity index (χ2v) is 5.94. The number of carbonyl (C=O) groups excluding carboxylic acids is 1.